The van der Waals surface area contributed by atoms with Crippen molar-refractivity contribution >= 4 is 17.3 Å². The van der Waals surface area contributed by atoms with Gasteiger partial charge in [-0.3, -0.25) is 19.3 Å². The van der Waals surface area contributed by atoms with Crippen molar-refractivity contribution in [3.8, 4) is 34.5 Å². The monoisotopic (exact) mass is 917 g/mol. The topological polar surface area (TPSA) is 210 Å². The minimum atomic E-state index is -1.13. The number of nitrogens with zero attached hydrogens (tertiary/aromatic N) is 3. The van der Waals surface area contributed by atoms with Crippen molar-refractivity contribution < 1.29 is 59.2 Å². The molecule has 3 saturated heterocycles. The minimum absolute atomic E-state index is 0. The predicted octanol–water partition coefficient (Wildman–Crippen LogP) is 2.65. The van der Waals surface area contributed by atoms with Gasteiger partial charge < -0.3 is 54.6 Å². The molecule has 0 aromatic heterocycles. The van der Waals surface area contributed by atoms with Gasteiger partial charge in [0, 0.05) is 47.7 Å². The minimum Gasteiger partial charge on any atom is -0.504 e. The van der Waals surface area contributed by atoms with Crippen molar-refractivity contribution in [1.82, 2.24) is 14.7 Å². The maximum atomic E-state index is 12.5. The van der Waals surface area contributed by atoms with Gasteiger partial charge in [0.1, 0.15) is 5.60 Å². The number of phenols is 3. The normalized spacial score (nSPS) is 41.1. The zero-order valence-electron chi connectivity index (χ0n) is 37.2. The van der Waals surface area contributed by atoms with Crippen LogP contribution in [0.2, 0.25) is 0 Å². The lowest BCUT2D eigenvalue weighted by Crippen LogP contribution is -2.76. The second-order valence-corrected chi connectivity index (χ2v) is 21.4. The van der Waals surface area contributed by atoms with E-state index in [1.54, 1.807) is 24.3 Å². The van der Waals surface area contributed by atoms with E-state index in [1.165, 1.54) is 6.08 Å². The van der Waals surface area contributed by atoms with Gasteiger partial charge in [-0.25, -0.2) is 0 Å². The number of piperidine rings is 3. The Morgan fingerprint density at radius 1 is 0.522 bits per heavy atom. The van der Waals surface area contributed by atoms with Crippen molar-refractivity contribution in [1.29, 1.82) is 0 Å². The Morgan fingerprint density at radius 2 is 0.896 bits per heavy atom. The molecule has 6 N–H and O–H groups in total. The van der Waals surface area contributed by atoms with Gasteiger partial charge in [-0.15, -0.1) is 0 Å². The van der Waals surface area contributed by atoms with E-state index in [4.69, 9.17) is 14.2 Å². The Labute approximate surface area is 388 Å². The third-order valence-corrected chi connectivity index (χ3v) is 19.2. The molecule has 15 rings (SSSR count). The molecule has 0 radical (unpaired) electrons. The first-order valence-electron chi connectivity index (χ1n) is 23.6. The molecular weight excluding hydrogens is 859 g/mol. The predicted molar refractivity (Wildman–Crippen MR) is 241 cm³/mol. The van der Waals surface area contributed by atoms with Crippen LogP contribution >= 0.6 is 0 Å². The largest absolute Gasteiger partial charge is 0.504 e. The Kier molecular flexibility index (Phi) is 8.78. The number of aromatic hydroxyl groups is 3. The van der Waals surface area contributed by atoms with E-state index in [0.717, 1.165) is 65.9 Å². The van der Waals surface area contributed by atoms with Gasteiger partial charge in [-0.1, -0.05) is 25.6 Å². The number of ketones is 3. The summed E-state index contributed by atoms with van der Waals surface area (Å²) < 4.78 is 17.8. The molecule has 0 amide bonds. The van der Waals surface area contributed by atoms with Gasteiger partial charge in [0.25, 0.3) is 0 Å². The number of carbonyl (C=O) groups is 3. The molecule has 354 valence electrons. The smallest absolute Gasteiger partial charge is 0.196 e. The summed E-state index contributed by atoms with van der Waals surface area (Å²) in [5, 5.41) is 65.4. The van der Waals surface area contributed by atoms with Gasteiger partial charge >= 0.3 is 0 Å². The van der Waals surface area contributed by atoms with Crippen LogP contribution in [0.4, 0.5) is 0 Å². The first-order chi connectivity index (χ1) is 31.5. The number of aliphatic hydroxyl groups is 3. The fraction of sp³-hybridized carbons (Fsp3) is 0.558. The third-order valence-electron chi connectivity index (χ3n) is 19.2. The van der Waals surface area contributed by atoms with Crippen LogP contribution in [-0.2, 0) is 49.9 Å². The summed E-state index contributed by atoms with van der Waals surface area (Å²) in [6, 6.07) is 10.6. The van der Waals surface area contributed by atoms with Crippen molar-refractivity contribution in [2.24, 2.45) is 0 Å². The lowest BCUT2D eigenvalue weighted by atomic mass is 9.49. The van der Waals surface area contributed by atoms with Crippen LogP contribution in [0.5, 0.6) is 34.5 Å². The van der Waals surface area contributed by atoms with Crippen LogP contribution in [0.25, 0.3) is 0 Å². The maximum absolute atomic E-state index is 12.5. The summed E-state index contributed by atoms with van der Waals surface area (Å²) in [7, 11) is 6.10. The number of likely N-dealkylation sites (N-methyl/N-ethyl adjacent to an activating group) is 3. The second-order valence-electron chi connectivity index (χ2n) is 21.4. The number of rotatable bonds is 0. The highest BCUT2D eigenvalue weighted by atomic mass is 16.5. The Hall–Kier alpha value is -5.03. The fourth-order valence-electron chi connectivity index (χ4n) is 16.2. The number of hydrogen-bond acceptors (Lipinski definition) is 15. The van der Waals surface area contributed by atoms with E-state index in [-0.39, 0.29) is 60.2 Å². The molecule has 15 heteroatoms. The van der Waals surface area contributed by atoms with Gasteiger partial charge in [0.05, 0.1) is 27.4 Å². The van der Waals surface area contributed by atoms with Crippen molar-refractivity contribution in [2.75, 3.05) is 40.8 Å². The van der Waals surface area contributed by atoms with E-state index in [0.29, 0.717) is 68.6 Å². The summed E-state index contributed by atoms with van der Waals surface area (Å²) in [4.78, 5) is 44.1. The number of likely N-dealkylation sites (tertiary alicyclic amines) is 3. The Bertz CT molecular complexity index is 2640. The highest BCUT2D eigenvalue weighted by Crippen LogP contribution is 2.67. The number of carbonyl (C=O) groups excluding carboxylic acids is 3. The number of phenolic OH excluding ortho intramolecular Hbond substituents is 3. The van der Waals surface area contributed by atoms with Crippen LogP contribution in [-0.4, -0.2) is 157 Å². The Morgan fingerprint density at radius 3 is 1.34 bits per heavy atom. The van der Waals surface area contributed by atoms with Crippen LogP contribution in [0.3, 0.4) is 0 Å². The quantitative estimate of drug-likeness (QED) is 0.192. The molecule has 67 heavy (non-hydrogen) atoms. The van der Waals surface area contributed by atoms with Gasteiger partial charge in [-0.05, 0) is 139 Å². The average molecular weight is 918 g/mol. The summed E-state index contributed by atoms with van der Waals surface area (Å²) in [6.07, 6.45) is 6.92. The van der Waals surface area contributed by atoms with Crippen LogP contribution < -0.4 is 14.2 Å². The Balaban J connectivity index is 0.000000104. The summed E-state index contributed by atoms with van der Waals surface area (Å²) in [5.41, 5.74) is 0.758. The lowest BCUT2D eigenvalue weighted by molar-refractivity contribution is -0.185. The molecule has 3 aromatic carbocycles. The molecule has 3 spiro atoms. The molecule has 6 bridgehead atoms. The summed E-state index contributed by atoms with van der Waals surface area (Å²) >= 11 is 0. The molecule has 12 aliphatic rings. The van der Waals surface area contributed by atoms with Crippen molar-refractivity contribution in [3.05, 3.63) is 81.9 Å². The summed E-state index contributed by atoms with van der Waals surface area (Å²) in [6.45, 7) is 2.45. The molecule has 6 heterocycles. The highest BCUT2D eigenvalue weighted by molar-refractivity contribution is 5.99. The summed E-state index contributed by atoms with van der Waals surface area (Å²) in [5.74, 6) is 1.43. The van der Waals surface area contributed by atoms with E-state index >= 15 is 0 Å². The molecule has 3 aromatic rings. The first kappa shape index (κ1) is 43.3. The standard InChI is InChI=1S/2C17H19NO4.C17H17NO4.CH4/c3*1-18-7-6-16-13-9-2-3-10(19)14(13)22-15(16)11(20)4-5-17(16,21)12(18)8-9;/h2*2-3,12,15,19,21H,4-8H2,1H3;2-5,12,15,19,21H,6-8H2,1H3;1H4/t3*12-,15?,16+,17-;/m111./s1. The zero-order chi connectivity index (χ0) is 45.8. The molecule has 3 unspecified atom stereocenters. The van der Waals surface area contributed by atoms with E-state index in [1.807, 2.05) is 39.3 Å². The zero-order valence-corrected chi connectivity index (χ0v) is 37.2. The first-order valence-corrected chi connectivity index (χ1v) is 23.6. The number of hydrogen-bond donors (Lipinski definition) is 6. The molecule has 12 atom stereocenters. The molecular formula is C52H59N3O12. The number of ether oxygens (including phenoxy) is 3. The molecule has 2 saturated carbocycles. The number of Topliss-reactive ketones (excluding diaryl/α,β-unsaturated/α-hetero) is 2. The second kappa shape index (κ2) is 13.6. The highest BCUT2D eigenvalue weighted by Gasteiger charge is 2.75. The van der Waals surface area contributed by atoms with Crippen LogP contribution in [0, 0.1) is 0 Å². The van der Waals surface area contributed by atoms with Crippen molar-refractivity contribution in [2.45, 2.75) is 141 Å². The van der Waals surface area contributed by atoms with Crippen molar-refractivity contribution in [3.63, 3.8) is 0 Å². The van der Waals surface area contributed by atoms with Gasteiger partial charge in [-0.2, -0.15) is 0 Å². The fourth-order valence-corrected chi connectivity index (χ4v) is 16.2. The third kappa shape index (κ3) is 4.76. The molecule has 6 aliphatic carbocycles. The lowest BCUT2D eigenvalue weighted by Gasteiger charge is -2.61. The van der Waals surface area contributed by atoms with E-state index < -0.39 is 51.4 Å². The number of benzene rings is 3. The molecule has 6 aliphatic heterocycles. The molecule has 5 fully saturated rings. The van der Waals surface area contributed by atoms with Crippen LogP contribution in [0.15, 0.2) is 48.6 Å². The van der Waals surface area contributed by atoms with Gasteiger partial charge in [0.15, 0.2) is 70.2 Å². The van der Waals surface area contributed by atoms with E-state index in [2.05, 4.69) is 14.7 Å². The van der Waals surface area contributed by atoms with Gasteiger partial charge in [0.2, 0.25) is 0 Å². The van der Waals surface area contributed by atoms with E-state index in [9.17, 15) is 45.0 Å². The molecule has 15 nitrogen and oxygen atoms in total. The SMILES string of the molecule is C.CN1CC[C@]23c4c5ccc(O)c4OC2C(=O)C=C[C@@]3(O)[C@H]1C5.CN1CC[C@]23c4c5ccc(O)c4OC2C(=O)CC[C@@]3(O)[C@H]1C5.CN1CC[C@]23c4c5ccc(O)c4OC2C(=O)CC[C@@]3(O)[C@H]1C5. The van der Waals surface area contributed by atoms with Crippen LogP contribution in [0.1, 0.15) is 85.8 Å². The average Bonchev–Trinajstić information content (AvgIpc) is 3.97. The maximum Gasteiger partial charge on any atom is 0.196 e.